The van der Waals surface area contributed by atoms with Crippen molar-refractivity contribution in [2.24, 2.45) is 11.8 Å². The largest absolute Gasteiger partial charge is 0.508 e. The summed E-state index contributed by atoms with van der Waals surface area (Å²) < 4.78 is 34.6. The molecule has 4 atom stereocenters. The Kier molecular flexibility index (Phi) is 48.1. The van der Waals surface area contributed by atoms with E-state index in [1.165, 1.54) is 51.4 Å². The zero-order valence-electron chi connectivity index (χ0n) is 47.0. The van der Waals surface area contributed by atoms with Crippen LogP contribution in [-0.2, 0) is 38.0 Å². The minimum Gasteiger partial charge on any atom is -0.465 e. The molecule has 0 radical (unpaired) electrons. The third-order valence-electron chi connectivity index (χ3n) is 13.8. The van der Waals surface area contributed by atoms with Crippen LogP contribution in [0.3, 0.4) is 0 Å². The van der Waals surface area contributed by atoms with E-state index in [4.69, 9.17) is 28.4 Å². The van der Waals surface area contributed by atoms with Crippen molar-refractivity contribution in [3.63, 3.8) is 0 Å². The number of hydrogen-bond acceptors (Lipinski definition) is 12. The summed E-state index contributed by atoms with van der Waals surface area (Å²) in [5, 5.41) is 0. The molecule has 4 unspecified atom stereocenters. The van der Waals surface area contributed by atoms with Gasteiger partial charge in [-0.2, -0.15) is 0 Å². The molecule has 414 valence electrons. The quantitative estimate of drug-likeness (QED) is 0.0327. The Labute approximate surface area is 430 Å². The Balaban J connectivity index is 5.24. The van der Waals surface area contributed by atoms with E-state index in [-0.39, 0.29) is 37.4 Å². The summed E-state index contributed by atoms with van der Waals surface area (Å²) in [6, 6.07) is 0. The van der Waals surface area contributed by atoms with Crippen molar-refractivity contribution >= 4 is 24.2 Å². The van der Waals surface area contributed by atoms with E-state index in [9.17, 15) is 19.2 Å². The Bertz CT molecular complexity index is 1120. The third kappa shape index (κ3) is 42.0. The van der Waals surface area contributed by atoms with E-state index in [1.54, 1.807) is 0 Å². The van der Waals surface area contributed by atoms with Gasteiger partial charge in [0.15, 0.2) is 0 Å². The zero-order chi connectivity index (χ0) is 51.7. The minimum atomic E-state index is -0.694. The Morgan fingerprint density at radius 3 is 1.03 bits per heavy atom. The van der Waals surface area contributed by atoms with Crippen LogP contribution in [0.2, 0.25) is 0 Å². The van der Waals surface area contributed by atoms with Gasteiger partial charge in [-0.25, -0.2) is 9.59 Å². The van der Waals surface area contributed by atoms with Gasteiger partial charge in [-0.3, -0.25) is 14.5 Å². The van der Waals surface area contributed by atoms with Gasteiger partial charge < -0.3 is 33.3 Å². The van der Waals surface area contributed by atoms with Gasteiger partial charge in [0.1, 0.15) is 25.4 Å². The zero-order valence-corrected chi connectivity index (χ0v) is 47.0. The van der Waals surface area contributed by atoms with Gasteiger partial charge in [-0.1, -0.05) is 171 Å². The highest BCUT2D eigenvalue weighted by Crippen LogP contribution is 2.22. The molecule has 0 aromatic heterocycles. The Morgan fingerprint density at radius 1 is 0.343 bits per heavy atom. The minimum absolute atomic E-state index is 0.134. The molecule has 0 bridgehead atoms. The van der Waals surface area contributed by atoms with Gasteiger partial charge in [0.2, 0.25) is 0 Å². The van der Waals surface area contributed by atoms with Crippen LogP contribution in [-0.4, -0.2) is 112 Å². The van der Waals surface area contributed by atoms with Crippen LogP contribution in [0, 0.1) is 11.8 Å². The van der Waals surface area contributed by atoms with E-state index in [1.807, 2.05) is 0 Å². The molecule has 0 rings (SSSR count). The second kappa shape index (κ2) is 50.0. The first kappa shape index (κ1) is 67.4. The average Bonchev–Trinajstić information content (AvgIpc) is 3.35. The number of carbonyl (C=O) groups is 4. The second-order valence-electron chi connectivity index (χ2n) is 20.1. The summed E-state index contributed by atoms with van der Waals surface area (Å²) in [5.74, 6) is 0.508. The molecule has 12 heteroatoms. The summed E-state index contributed by atoms with van der Waals surface area (Å²) in [5.41, 5.74) is 0. The fourth-order valence-electron chi connectivity index (χ4n) is 8.98. The van der Waals surface area contributed by atoms with Gasteiger partial charge in [0, 0.05) is 39.0 Å². The van der Waals surface area contributed by atoms with Gasteiger partial charge in [0.25, 0.3) is 0 Å². The molecule has 0 N–H and O–H groups in total. The van der Waals surface area contributed by atoms with Gasteiger partial charge in [-0.05, 0) is 102 Å². The molecular formula is C58H112N2O10. The smallest absolute Gasteiger partial charge is 0.465 e. The molecule has 0 saturated heterocycles. The molecule has 0 saturated carbocycles. The van der Waals surface area contributed by atoms with Crippen LogP contribution < -0.4 is 0 Å². The van der Waals surface area contributed by atoms with Crippen molar-refractivity contribution in [1.82, 2.24) is 9.80 Å². The Hall–Kier alpha value is -2.60. The summed E-state index contributed by atoms with van der Waals surface area (Å²) in [6.07, 6.45) is 29.7. The number of unbranched alkanes of at least 4 members (excludes halogenated alkanes) is 14. The molecule has 12 nitrogen and oxygen atoms in total. The molecule has 0 heterocycles. The van der Waals surface area contributed by atoms with Gasteiger partial charge in [-0.15, -0.1) is 0 Å². The van der Waals surface area contributed by atoms with Crippen molar-refractivity contribution in [2.75, 3.05) is 65.7 Å². The molecule has 0 aromatic rings. The molecule has 0 spiro atoms. The lowest BCUT2D eigenvalue weighted by molar-refractivity contribution is -0.146. The predicted molar refractivity (Wildman–Crippen MR) is 287 cm³/mol. The summed E-state index contributed by atoms with van der Waals surface area (Å²) in [6.45, 7) is 23.0. The lowest BCUT2D eigenvalue weighted by Crippen LogP contribution is -2.39. The van der Waals surface area contributed by atoms with Crippen molar-refractivity contribution in [2.45, 2.75) is 273 Å². The molecule has 0 aliphatic carbocycles. The van der Waals surface area contributed by atoms with Crippen LogP contribution >= 0.6 is 0 Å². The van der Waals surface area contributed by atoms with Crippen molar-refractivity contribution in [1.29, 1.82) is 0 Å². The highest BCUT2D eigenvalue weighted by molar-refractivity contribution is 5.69. The predicted octanol–water partition coefficient (Wildman–Crippen LogP) is 15.6. The number of nitrogens with zero attached hydrogens (tertiary/aromatic N) is 2. The van der Waals surface area contributed by atoms with E-state index >= 15 is 0 Å². The standard InChI is InChI=1S/C58H112N2O10/c1-9-17-23-27-35-51(33-21-13-5)49-67-55(61)41-31-39-53(37-29-25-19-11-3)69-57(63)65-47-45-60(44-43-59(15-7)16-8)46-48-66-58(64)70-54(38-30-26-20-12-4)40-32-42-56(62)68-50-52(34-22-14-6)36-28-24-18-10-2/h51-54H,9-50H2,1-8H3. The van der Waals surface area contributed by atoms with Gasteiger partial charge >= 0.3 is 24.2 Å². The van der Waals surface area contributed by atoms with E-state index in [0.717, 1.165) is 135 Å². The van der Waals surface area contributed by atoms with Crippen molar-refractivity contribution in [3.05, 3.63) is 0 Å². The number of hydrogen-bond donors (Lipinski definition) is 0. The second-order valence-corrected chi connectivity index (χ2v) is 20.1. The number of ether oxygens (including phenoxy) is 6. The lowest BCUT2D eigenvalue weighted by Gasteiger charge is -2.26. The molecule has 0 aromatic carbocycles. The van der Waals surface area contributed by atoms with Crippen LogP contribution in [0.15, 0.2) is 0 Å². The summed E-state index contributed by atoms with van der Waals surface area (Å²) >= 11 is 0. The number of esters is 2. The van der Waals surface area contributed by atoms with E-state index in [0.29, 0.717) is 83.2 Å². The maximum Gasteiger partial charge on any atom is 0.508 e. The molecule has 70 heavy (non-hydrogen) atoms. The average molecular weight is 998 g/mol. The highest BCUT2D eigenvalue weighted by Gasteiger charge is 2.21. The first-order chi connectivity index (χ1) is 34.1. The first-order valence-electron chi connectivity index (χ1n) is 29.5. The van der Waals surface area contributed by atoms with Crippen LogP contribution in [0.25, 0.3) is 0 Å². The molecule has 0 aliphatic heterocycles. The maximum atomic E-state index is 13.1. The van der Waals surface area contributed by atoms with E-state index < -0.39 is 12.3 Å². The topological polar surface area (TPSA) is 130 Å². The fourth-order valence-corrected chi connectivity index (χ4v) is 8.98. The van der Waals surface area contributed by atoms with E-state index in [2.05, 4.69) is 65.2 Å². The van der Waals surface area contributed by atoms with Gasteiger partial charge in [0.05, 0.1) is 13.2 Å². The van der Waals surface area contributed by atoms with Crippen LogP contribution in [0.5, 0.6) is 0 Å². The number of likely N-dealkylation sites (N-methyl/N-ethyl adjacent to an activating group) is 1. The normalized spacial score (nSPS) is 13.2. The van der Waals surface area contributed by atoms with Crippen LogP contribution in [0.4, 0.5) is 9.59 Å². The maximum absolute atomic E-state index is 13.1. The fraction of sp³-hybridized carbons (Fsp3) is 0.931. The summed E-state index contributed by atoms with van der Waals surface area (Å²) in [7, 11) is 0. The highest BCUT2D eigenvalue weighted by atomic mass is 16.7. The van der Waals surface area contributed by atoms with Crippen molar-refractivity contribution in [3.8, 4) is 0 Å². The SMILES string of the molecule is CCCCCCC(CCCC)COC(=O)CCCC(CCCCCC)OC(=O)OCCN(CCOC(=O)OC(CCCCCC)CCCC(=O)OCC(CCCC)CCCCCC)CCN(CC)CC. The Morgan fingerprint density at radius 2 is 0.671 bits per heavy atom. The first-order valence-corrected chi connectivity index (χ1v) is 29.5. The van der Waals surface area contributed by atoms with Crippen LogP contribution in [0.1, 0.15) is 261 Å². The van der Waals surface area contributed by atoms with Crippen molar-refractivity contribution < 1.29 is 47.6 Å². The monoisotopic (exact) mass is 997 g/mol. The third-order valence-corrected chi connectivity index (χ3v) is 13.8. The number of rotatable bonds is 51. The molecule has 0 amide bonds. The number of carbonyl (C=O) groups excluding carboxylic acids is 4. The summed E-state index contributed by atoms with van der Waals surface area (Å²) in [4.78, 5) is 56.2. The molecular weight excluding hydrogens is 885 g/mol. The molecule has 0 aliphatic rings. The molecule has 0 fully saturated rings. The lowest BCUT2D eigenvalue weighted by atomic mass is 9.96.